The van der Waals surface area contributed by atoms with Gasteiger partial charge in [0, 0.05) is 31.6 Å². The maximum atomic E-state index is 13.3. The highest BCUT2D eigenvalue weighted by molar-refractivity contribution is 5.70. The van der Waals surface area contributed by atoms with Gasteiger partial charge in [-0.15, -0.1) is 0 Å². The quantitative estimate of drug-likeness (QED) is 0.351. The number of rotatable bonds is 11. The fraction of sp³-hybridized carbons (Fsp3) is 0.542. The Morgan fingerprint density at radius 2 is 1.78 bits per heavy atom. The lowest BCUT2D eigenvalue weighted by Crippen LogP contribution is -2.21. The van der Waals surface area contributed by atoms with E-state index in [0.717, 1.165) is 30.8 Å². The molecule has 2 aromatic rings. The third-order valence-corrected chi connectivity index (χ3v) is 5.96. The number of pyridine rings is 1. The van der Waals surface area contributed by atoms with E-state index in [2.05, 4.69) is 28.0 Å². The third kappa shape index (κ3) is 7.22. The van der Waals surface area contributed by atoms with Crippen LogP contribution in [-0.4, -0.2) is 24.7 Å². The Hall–Kier alpha value is -2.61. The van der Waals surface area contributed by atoms with E-state index in [4.69, 9.17) is 9.57 Å². The van der Waals surface area contributed by atoms with Crippen molar-refractivity contribution < 1.29 is 18.4 Å². The molecule has 176 valence electrons. The van der Waals surface area contributed by atoms with E-state index in [1.165, 1.54) is 38.2 Å². The molecule has 0 bridgehead atoms. The van der Waals surface area contributed by atoms with Gasteiger partial charge < -0.3 is 15.4 Å². The minimum absolute atomic E-state index is 0.145. The number of nitrogens with zero attached hydrogens (tertiary/aromatic N) is 1. The summed E-state index contributed by atoms with van der Waals surface area (Å²) in [5, 5.41) is 6.74. The molecule has 0 aliphatic heterocycles. The van der Waals surface area contributed by atoms with Crippen molar-refractivity contribution >= 4 is 17.2 Å². The molecule has 0 unspecified atom stereocenters. The van der Waals surface area contributed by atoms with Crippen LogP contribution in [0.2, 0.25) is 0 Å². The number of para-hydroxylation sites is 1. The van der Waals surface area contributed by atoms with Crippen LogP contribution in [0.3, 0.4) is 0 Å². The summed E-state index contributed by atoms with van der Waals surface area (Å²) in [4.78, 5) is 9.49. The smallest absolute Gasteiger partial charge is 0.394 e. The molecule has 32 heavy (non-hydrogen) atoms. The standard InChI is InChI=1S/C24H34F2N4O2/c1-4-17-9-11-18(12-10-17)14-27-20-13-23(29-16-21(20)30-31-3)28-15-19-7-5-6-8-22(19)32-24(2,25)26/h5-8,13,16-18,30H,4,9-12,14-15H2,1-3H3,(H2,27,28,29). The van der Waals surface area contributed by atoms with Gasteiger partial charge in [0.05, 0.1) is 19.0 Å². The van der Waals surface area contributed by atoms with Crippen LogP contribution in [0.15, 0.2) is 36.5 Å². The molecule has 1 fully saturated rings. The summed E-state index contributed by atoms with van der Waals surface area (Å²) in [7, 11) is 1.56. The Labute approximate surface area is 189 Å². The van der Waals surface area contributed by atoms with Crippen LogP contribution in [0.1, 0.15) is 51.5 Å². The molecule has 3 rings (SSSR count). The Morgan fingerprint density at radius 1 is 1.06 bits per heavy atom. The number of anilines is 3. The lowest BCUT2D eigenvalue weighted by atomic mass is 9.81. The van der Waals surface area contributed by atoms with Gasteiger partial charge in [0.15, 0.2) is 0 Å². The zero-order valence-electron chi connectivity index (χ0n) is 19.1. The van der Waals surface area contributed by atoms with E-state index in [9.17, 15) is 8.78 Å². The van der Waals surface area contributed by atoms with E-state index in [1.54, 1.807) is 31.5 Å². The highest BCUT2D eigenvalue weighted by Crippen LogP contribution is 2.32. The molecular weight excluding hydrogens is 414 g/mol. The first-order chi connectivity index (χ1) is 15.4. The summed E-state index contributed by atoms with van der Waals surface area (Å²) in [6.07, 6.45) is 4.80. The fourth-order valence-corrected chi connectivity index (χ4v) is 4.12. The predicted octanol–water partition coefficient (Wildman–Crippen LogP) is 6.29. The van der Waals surface area contributed by atoms with Crippen molar-refractivity contribution in [1.82, 2.24) is 4.98 Å². The molecule has 6 nitrogen and oxygen atoms in total. The number of hydrogen-bond acceptors (Lipinski definition) is 6. The highest BCUT2D eigenvalue weighted by atomic mass is 19.3. The molecule has 1 aromatic heterocycles. The van der Waals surface area contributed by atoms with E-state index in [1.807, 2.05) is 6.07 Å². The Morgan fingerprint density at radius 3 is 2.47 bits per heavy atom. The molecule has 1 aliphatic carbocycles. The van der Waals surface area contributed by atoms with Gasteiger partial charge in [-0.3, -0.25) is 10.3 Å². The van der Waals surface area contributed by atoms with Crippen LogP contribution < -0.4 is 20.9 Å². The predicted molar refractivity (Wildman–Crippen MR) is 124 cm³/mol. The van der Waals surface area contributed by atoms with E-state index in [0.29, 0.717) is 23.8 Å². The molecule has 1 heterocycles. The molecule has 0 radical (unpaired) electrons. The Kier molecular flexibility index (Phi) is 8.50. The number of benzene rings is 1. The molecule has 0 atom stereocenters. The van der Waals surface area contributed by atoms with E-state index in [-0.39, 0.29) is 5.75 Å². The number of ether oxygens (including phenoxy) is 1. The van der Waals surface area contributed by atoms with Crippen LogP contribution in [0.25, 0.3) is 0 Å². The van der Waals surface area contributed by atoms with Gasteiger partial charge in [0.25, 0.3) is 0 Å². The summed E-state index contributed by atoms with van der Waals surface area (Å²) in [5.74, 6) is 2.29. The van der Waals surface area contributed by atoms with Crippen molar-refractivity contribution in [3.63, 3.8) is 0 Å². The summed E-state index contributed by atoms with van der Waals surface area (Å²) in [5.41, 5.74) is 5.11. The second-order valence-corrected chi connectivity index (χ2v) is 8.47. The summed E-state index contributed by atoms with van der Waals surface area (Å²) in [6.45, 7) is 4.19. The maximum Gasteiger partial charge on any atom is 0.394 e. The summed E-state index contributed by atoms with van der Waals surface area (Å²) in [6, 6.07) is 8.65. The van der Waals surface area contributed by atoms with Gasteiger partial charge in [0.1, 0.15) is 17.3 Å². The number of aromatic nitrogens is 1. The van der Waals surface area contributed by atoms with Gasteiger partial charge >= 0.3 is 6.11 Å². The number of alkyl halides is 2. The first kappa shape index (κ1) is 24.0. The Balaban J connectivity index is 1.64. The Bertz CT molecular complexity index is 852. The second kappa shape index (κ2) is 11.3. The summed E-state index contributed by atoms with van der Waals surface area (Å²) >= 11 is 0. The van der Waals surface area contributed by atoms with Crippen LogP contribution >= 0.6 is 0 Å². The topological polar surface area (TPSA) is 67.4 Å². The molecule has 0 amide bonds. The normalized spacial score (nSPS) is 18.8. The number of nitrogens with one attached hydrogen (secondary N) is 3. The molecule has 1 aliphatic rings. The average molecular weight is 449 g/mol. The van der Waals surface area contributed by atoms with E-state index < -0.39 is 6.11 Å². The van der Waals surface area contributed by atoms with Crippen LogP contribution in [0, 0.1) is 11.8 Å². The largest absolute Gasteiger partial charge is 0.432 e. The zero-order chi connectivity index (χ0) is 23.0. The SMILES string of the molecule is CCC1CCC(CNc2cc(NCc3ccccc3OC(C)(F)F)ncc2NOC)CC1. The van der Waals surface area contributed by atoms with Gasteiger partial charge in [-0.1, -0.05) is 44.4 Å². The first-order valence-corrected chi connectivity index (χ1v) is 11.3. The lowest BCUT2D eigenvalue weighted by molar-refractivity contribution is -0.159. The minimum atomic E-state index is -3.24. The van der Waals surface area contributed by atoms with Crippen molar-refractivity contribution in [2.45, 2.75) is 58.6 Å². The van der Waals surface area contributed by atoms with Crippen LogP contribution in [0.4, 0.5) is 26.0 Å². The van der Waals surface area contributed by atoms with Crippen molar-refractivity contribution in [3.05, 3.63) is 42.1 Å². The van der Waals surface area contributed by atoms with Gasteiger partial charge in [-0.25, -0.2) is 4.98 Å². The van der Waals surface area contributed by atoms with Gasteiger partial charge in [0.2, 0.25) is 0 Å². The first-order valence-electron chi connectivity index (χ1n) is 11.3. The van der Waals surface area contributed by atoms with Gasteiger partial charge in [-0.2, -0.15) is 8.78 Å². The molecule has 8 heteroatoms. The highest BCUT2D eigenvalue weighted by Gasteiger charge is 2.24. The monoisotopic (exact) mass is 448 g/mol. The van der Waals surface area contributed by atoms with Crippen molar-refractivity contribution in [1.29, 1.82) is 0 Å². The van der Waals surface area contributed by atoms with Crippen LogP contribution in [-0.2, 0) is 11.4 Å². The molecule has 0 saturated heterocycles. The van der Waals surface area contributed by atoms with Crippen molar-refractivity contribution in [2.24, 2.45) is 11.8 Å². The zero-order valence-corrected chi connectivity index (χ0v) is 19.1. The second-order valence-electron chi connectivity index (χ2n) is 8.47. The van der Waals surface area contributed by atoms with Crippen molar-refractivity contribution in [2.75, 3.05) is 29.8 Å². The lowest BCUT2D eigenvalue weighted by Gasteiger charge is -2.28. The molecular formula is C24H34F2N4O2. The number of halogens is 2. The molecule has 1 saturated carbocycles. The average Bonchev–Trinajstić information content (AvgIpc) is 2.77. The molecule has 1 aromatic carbocycles. The minimum Gasteiger partial charge on any atom is -0.432 e. The molecule has 3 N–H and O–H groups in total. The van der Waals surface area contributed by atoms with Gasteiger partial charge in [-0.05, 0) is 30.7 Å². The third-order valence-electron chi connectivity index (χ3n) is 5.96. The number of hydrogen-bond donors (Lipinski definition) is 3. The van der Waals surface area contributed by atoms with Crippen LogP contribution in [0.5, 0.6) is 5.75 Å². The fourth-order valence-electron chi connectivity index (χ4n) is 4.12. The molecule has 0 spiro atoms. The summed E-state index contributed by atoms with van der Waals surface area (Å²) < 4.78 is 31.4. The van der Waals surface area contributed by atoms with Crippen molar-refractivity contribution in [3.8, 4) is 5.75 Å². The van der Waals surface area contributed by atoms with E-state index >= 15 is 0 Å². The maximum absolute atomic E-state index is 13.3.